The lowest BCUT2D eigenvalue weighted by molar-refractivity contribution is -0.145. The maximum Gasteiger partial charge on any atom is 0.239 e. The van der Waals surface area contributed by atoms with Gasteiger partial charge in [-0.05, 0) is 29.6 Å². The third kappa shape index (κ3) is 6.86. The average Bonchev–Trinajstić information content (AvgIpc) is 2.76. The Hall–Kier alpha value is -2.35. The van der Waals surface area contributed by atoms with Crippen molar-refractivity contribution < 1.29 is 18.9 Å². The number of hydrogen-bond acceptors (Lipinski definition) is 4. The van der Waals surface area contributed by atoms with Crippen LogP contribution in [0.15, 0.2) is 60.7 Å². The molecule has 2 unspecified atom stereocenters. The normalized spacial score (nSPS) is 16.8. The first kappa shape index (κ1) is 22.3. The molecule has 2 aromatic carbocycles. The molecule has 0 aliphatic carbocycles. The van der Waals surface area contributed by atoms with E-state index in [4.69, 9.17) is 4.74 Å². The molecular formula is C23H28N2O4S. The van der Waals surface area contributed by atoms with Crippen molar-refractivity contribution in [1.82, 2.24) is 10.2 Å². The average molecular weight is 429 g/mol. The predicted octanol–water partition coefficient (Wildman–Crippen LogP) is 2.26. The van der Waals surface area contributed by atoms with E-state index in [-0.39, 0.29) is 24.8 Å². The molecule has 2 atom stereocenters. The Labute approximate surface area is 180 Å². The van der Waals surface area contributed by atoms with E-state index in [1.165, 1.54) is 10.5 Å². The van der Waals surface area contributed by atoms with E-state index in [1.54, 1.807) is 0 Å². The van der Waals surface area contributed by atoms with E-state index in [0.717, 1.165) is 18.4 Å². The highest BCUT2D eigenvalue weighted by atomic mass is 32.2. The summed E-state index contributed by atoms with van der Waals surface area (Å²) in [6.45, 7) is 1.40. The van der Waals surface area contributed by atoms with Crippen LogP contribution in [-0.4, -0.2) is 52.9 Å². The number of aryl methyl sites for hydroxylation is 1. The molecule has 1 aliphatic rings. The van der Waals surface area contributed by atoms with Crippen molar-refractivity contribution in [2.75, 3.05) is 26.3 Å². The standard InChI is InChI=1S/C23H28N2O4S/c26-21(24-13-15-29-14-7-12-19-8-3-1-4-9-19)17-25-22(27)16-23(25)30(28)18-20-10-5-2-6-11-20/h1-6,8-11,23H,7,12-18H2,(H,24,26). The van der Waals surface area contributed by atoms with Crippen LogP contribution in [0.3, 0.4) is 0 Å². The molecule has 0 saturated carbocycles. The molecule has 0 spiro atoms. The Morgan fingerprint density at radius 2 is 1.73 bits per heavy atom. The number of nitrogens with one attached hydrogen (secondary N) is 1. The predicted molar refractivity (Wildman–Crippen MR) is 117 cm³/mol. The molecule has 1 saturated heterocycles. The first-order chi connectivity index (χ1) is 14.6. The third-order valence-corrected chi connectivity index (χ3v) is 6.60. The summed E-state index contributed by atoms with van der Waals surface area (Å²) < 4.78 is 18.1. The number of rotatable bonds is 12. The van der Waals surface area contributed by atoms with Gasteiger partial charge in [-0.15, -0.1) is 0 Å². The number of carbonyl (C=O) groups excluding carboxylic acids is 2. The lowest BCUT2D eigenvalue weighted by Crippen LogP contribution is -2.59. The highest BCUT2D eigenvalue weighted by Gasteiger charge is 2.45. The van der Waals surface area contributed by atoms with Gasteiger partial charge in [0.05, 0.1) is 13.0 Å². The van der Waals surface area contributed by atoms with Crippen molar-refractivity contribution in [3.63, 3.8) is 0 Å². The molecule has 0 radical (unpaired) electrons. The Kier molecular flexibility index (Phi) is 8.74. The zero-order valence-electron chi connectivity index (χ0n) is 17.0. The molecule has 1 N–H and O–H groups in total. The molecule has 6 nitrogen and oxygen atoms in total. The molecule has 30 heavy (non-hydrogen) atoms. The number of nitrogens with zero attached hydrogens (tertiary/aromatic N) is 1. The molecule has 1 heterocycles. The van der Waals surface area contributed by atoms with Crippen molar-refractivity contribution in [2.24, 2.45) is 0 Å². The molecule has 7 heteroatoms. The van der Waals surface area contributed by atoms with Crippen LogP contribution < -0.4 is 5.32 Å². The van der Waals surface area contributed by atoms with Crippen molar-refractivity contribution in [2.45, 2.75) is 30.4 Å². The van der Waals surface area contributed by atoms with E-state index in [9.17, 15) is 14.1 Å². The van der Waals surface area contributed by atoms with E-state index in [1.807, 2.05) is 48.5 Å². The summed E-state index contributed by atoms with van der Waals surface area (Å²) in [6.07, 6.45) is 2.12. The van der Waals surface area contributed by atoms with Crippen molar-refractivity contribution in [3.05, 3.63) is 71.8 Å². The SMILES string of the molecule is O=C(CN1C(=O)CC1[S+]([O-])Cc1ccccc1)NCCOCCCc1ccccc1. The Morgan fingerprint density at radius 3 is 2.40 bits per heavy atom. The fraction of sp³-hybridized carbons (Fsp3) is 0.391. The van der Waals surface area contributed by atoms with E-state index < -0.39 is 16.5 Å². The maximum absolute atomic E-state index is 12.6. The smallest absolute Gasteiger partial charge is 0.239 e. The first-order valence-corrected chi connectivity index (χ1v) is 11.6. The second-order valence-electron chi connectivity index (χ2n) is 7.24. The summed E-state index contributed by atoms with van der Waals surface area (Å²) in [5.74, 6) is -0.000325. The van der Waals surface area contributed by atoms with Crippen molar-refractivity contribution in [3.8, 4) is 0 Å². The highest BCUT2D eigenvalue weighted by Crippen LogP contribution is 2.26. The van der Waals surface area contributed by atoms with Gasteiger partial charge in [0, 0.05) is 18.7 Å². The van der Waals surface area contributed by atoms with Gasteiger partial charge in [0.2, 0.25) is 11.8 Å². The molecule has 3 rings (SSSR count). The van der Waals surface area contributed by atoms with E-state index in [0.29, 0.717) is 25.5 Å². The van der Waals surface area contributed by atoms with Crippen molar-refractivity contribution in [1.29, 1.82) is 0 Å². The molecule has 1 fully saturated rings. The molecule has 160 valence electrons. The Balaban J connectivity index is 1.28. The van der Waals surface area contributed by atoms with Gasteiger partial charge >= 0.3 is 0 Å². The number of amides is 2. The first-order valence-electron chi connectivity index (χ1n) is 10.2. The van der Waals surface area contributed by atoms with Crippen LogP contribution in [0.5, 0.6) is 0 Å². The number of benzene rings is 2. The second-order valence-corrected chi connectivity index (χ2v) is 8.84. The maximum atomic E-state index is 12.6. The van der Waals surface area contributed by atoms with E-state index in [2.05, 4.69) is 17.4 Å². The molecule has 1 aliphatic heterocycles. The monoisotopic (exact) mass is 428 g/mol. The zero-order chi connectivity index (χ0) is 21.2. The van der Waals surface area contributed by atoms with Crippen LogP contribution in [0, 0.1) is 0 Å². The van der Waals surface area contributed by atoms with Crippen LogP contribution in [0.25, 0.3) is 0 Å². The molecule has 2 aromatic rings. The number of hydrogen-bond donors (Lipinski definition) is 1. The third-order valence-electron chi connectivity index (χ3n) is 4.95. The van der Waals surface area contributed by atoms with Crippen LogP contribution in [0.1, 0.15) is 24.0 Å². The van der Waals surface area contributed by atoms with Gasteiger partial charge in [-0.25, -0.2) is 0 Å². The van der Waals surface area contributed by atoms with Gasteiger partial charge in [-0.1, -0.05) is 60.7 Å². The number of β-lactam (4-membered cyclic amide) rings is 1. The molecule has 0 aromatic heterocycles. The summed E-state index contributed by atoms with van der Waals surface area (Å²) in [6, 6.07) is 19.8. The Bertz CT molecular complexity index is 803. The highest BCUT2D eigenvalue weighted by molar-refractivity contribution is 7.91. The van der Waals surface area contributed by atoms with Crippen LogP contribution in [-0.2, 0) is 37.7 Å². The van der Waals surface area contributed by atoms with Gasteiger partial charge in [0.15, 0.2) is 5.37 Å². The summed E-state index contributed by atoms with van der Waals surface area (Å²) in [7, 11) is 0. The van der Waals surface area contributed by atoms with Gasteiger partial charge in [0.1, 0.15) is 12.3 Å². The number of ether oxygens (including phenoxy) is 1. The minimum absolute atomic E-state index is 0.0575. The largest absolute Gasteiger partial charge is 0.614 e. The quantitative estimate of drug-likeness (QED) is 0.319. The van der Waals surface area contributed by atoms with Crippen LogP contribution in [0.4, 0.5) is 0 Å². The van der Waals surface area contributed by atoms with Gasteiger partial charge in [-0.2, -0.15) is 0 Å². The van der Waals surface area contributed by atoms with Crippen LogP contribution >= 0.6 is 0 Å². The Morgan fingerprint density at radius 1 is 1.07 bits per heavy atom. The minimum Gasteiger partial charge on any atom is -0.614 e. The summed E-state index contributed by atoms with van der Waals surface area (Å²) in [5.41, 5.74) is 2.25. The van der Waals surface area contributed by atoms with Crippen molar-refractivity contribution >= 4 is 23.0 Å². The second kappa shape index (κ2) is 11.7. The lowest BCUT2D eigenvalue weighted by Gasteiger charge is -2.39. The summed E-state index contributed by atoms with van der Waals surface area (Å²) in [5, 5.41) is 2.37. The van der Waals surface area contributed by atoms with Gasteiger partial charge in [-0.3, -0.25) is 14.5 Å². The molecular weight excluding hydrogens is 400 g/mol. The summed E-state index contributed by atoms with van der Waals surface area (Å²) >= 11 is -1.22. The van der Waals surface area contributed by atoms with E-state index >= 15 is 0 Å². The fourth-order valence-corrected chi connectivity index (χ4v) is 4.80. The number of carbonyl (C=O) groups is 2. The van der Waals surface area contributed by atoms with Gasteiger partial charge in [0.25, 0.3) is 0 Å². The summed E-state index contributed by atoms with van der Waals surface area (Å²) in [4.78, 5) is 25.4. The number of likely N-dealkylation sites (tertiary alicyclic amines) is 1. The topological polar surface area (TPSA) is 81.7 Å². The van der Waals surface area contributed by atoms with Crippen LogP contribution in [0.2, 0.25) is 0 Å². The molecule has 2 amide bonds. The van der Waals surface area contributed by atoms with Gasteiger partial charge < -0.3 is 14.6 Å². The fourth-order valence-electron chi connectivity index (χ4n) is 3.28. The minimum atomic E-state index is -1.22. The zero-order valence-corrected chi connectivity index (χ0v) is 17.8. The lowest BCUT2D eigenvalue weighted by atomic mass is 10.1. The molecule has 0 bridgehead atoms.